The number of aromatic nitrogens is 1. The minimum Gasteiger partial charge on any atom is -0.478 e. The number of sulfonamides is 1. The third kappa shape index (κ3) is 3.77. The molecular formula is C15H18N2O5S. The summed E-state index contributed by atoms with van der Waals surface area (Å²) in [7, 11) is -3.71. The third-order valence-corrected chi connectivity index (χ3v) is 5.01. The lowest BCUT2D eigenvalue weighted by atomic mass is 10.0. The summed E-state index contributed by atoms with van der Waals surface area (Å²) in [6.07, 6.45) is 0. The number of rotatable bonds is 6. The molecule has 0 aliphatic heterocycles. The van der Waals surface area contributed by atoms with Crippen molar-refractivity contribution < 1.29 is 22.8 Å². The number of carbonyl (C=O) groups is 1. The number of aryl methyl sites for hydroxylation is 2. The largest absolute Gasteiger partial charge is 0.478 e. The van der Waals surface area contributed by atoms with Gasteiger partial charge in [-0.3, -0.25) is 0 Å². The molecule has 0 fully saturated rings. The first-order chi connectivity index (χ1) is 10.7. The Kier molecular flexibility index (Phi) is 4.86. The molecule has 0 amide bonds. The molecule has 23 heavy (non-hydrogen) atoms. The van der Waals surface area contributed by atoms with E-state index in [9.17, 15) is 13.2 Å². The Labute approximate surface area is 134 Å². The van der Waals surface area contributed by atoms with E-state index in [1.807, 2.05) is 13.8 Å². The Balaban J connectivity index is 2.11. The van der Waals surface area contributed by atoms with Crippen molar-refractivity contribution >= 4 is 16.0 Å². The average Bonchev–Trinajstić information content (AvgIpc) is 2.84. The lowest BCUT2D eigenvalue weighted by molar-refractivity contribution is 0.0696. The summed E-state index contributed by atoms with van der Waals surface area (Å²) in [6, 6.07) is 5.06. The molecule has 2 N–H and O–H groups in total. The van der Waals surface area contributed by atoms with Gasteiger partial charge in [0.1, 0.15) is 5.76 Å². The SMILES string of the molecule is Cc1noc(C)c1[C@@H](C)CNS(=O)(=O)c1ccc(C(=O)O)cc1. The Hall–Kier alpha value is -2.19. The monoisotopic (exact) mass is 338 g/mol. The fraction of sp³-hybridized carbons (Fsp3) is 0.333. The minimum atomic E-state index is -3.71. The van der Waals surface area contributed by atoms with Crippen molar-refractivity contribution in [2.24, 2.45) is 0 Å². The zero-order valence-corrected chi connectivity index (χ0v) is 13.8. The highest BCUT2D eigenvalue weighted by molar-refractivity contribution is 7.89. The molecule has 1 aromatic heterocycles. The van der Waals surface area contributed by atoms with Gasteiger partial charge < -0.3 is 9.63 Å². The first-order valence-corrected chi connectivity index (χ1v) is 8.46. The first-order valence-electron chi connectivity index (χ1n) is 6.98. The summed E-state index contributed by atoms with van der Waals surface area (Å²) in [6.45, 7) is 5.65. The zero-order chi connectivity index (χ0) is 17.2. The molecule has 0 aliphatic carbocycles. The van der Waals surface area contributed by atoms with E-state index in [4.69, 9.17) is 9.63 Å². The topological polar surface area (TPSA) is 110 Å². The van der Waals surface area contributed by atoms with E-state index in [2.05, 4.69) is 9.88 Å². The van der Waals surface area contributed by atoms with Gasteiger partial charge in [0.25, 0.3) is 0 Å². The van der Waals surface area contributed by atoms with Crippen molar-refractivity contribution in [2.75, 3.05) is 6.54 Å². The molecule has 1 atom stereocenters. The number of carboxylic acid groups (broad SMARTS) is 1. The van der Waals surface area contributed by atoms with Gasteiger partial charge in [-0.2, -0.15) is 0 Å². The van der Waals surface area contributed by atoms with Gasteiger partial charge in [-0.1, -0.05) is 12.1 Å². The fourth-order valence-corrected chi connectivity index (χ4v) is 3.52. The molecule has 0 aliphatic rings. The van der Waals surface area contributed by atoms with E-state index in [-0.39, 0.29) is 22.9 Å². The van der Waals surface area contributed by atoms with Crippen molar-refractivity contribution in [3.05, 3.63) is 46.8 Å². The number of benzene rings is 1. The summed E-state index contributed by atoms with van der Waals surface area (Å²) < 4.78 is 32.1. The van der Waals surface area contributed by atoms with Crippen LogP contribution in [0.5, 0.6) is 0 Å². The van der Waals surface area contributed by atoms with Gasteiger partial charge in [0.05, 0.1) is 16.2 Å². The van der Waals surface area contributed by atoms with E-state index in [1.54, 1.807) is 6.92 Å². The van der Waals surface area contributed by atoms with Crippen molar-refractivity contribution in [3.63, 3.8) is 0 Å². The molecule has 1 heterocycles. The number of hydrogen-bond acceptors (Lipinski definition) is 5. The molecule has 0 saturated heterocycles. The Bertz CT molecular complexity index is 789. The number of carboxylic acids is 1. The van der Waals surface area contributed by atoms with Crippen LogP contribution in [0.2, 0.25) is 0 Å². The molecule has 2 rings (SSSR count). The fourth-order valence-electron chi connectivity index (χ4n) is 2.39. The molecule has 1 aromatic carbocycles. The zero-order valence-electron chi connectivity index (χ0n) is 13.0. The van der Waals surface area contributed by atoms with Crippen LogP contribution in [0.15, 0.2) is 33.7 Å². The van der Waals surface area contributed by atoms with Crippen molar-refractivity contribution in [1.82, 2.24) is 9.88 Å². The smallest absolute Gasteiger partial charge is 0.335 e. The molecule has 0 bridgehead atoms. The highest BCUT2D eigenvalue weighted by atomic mass is 32.2. The van der Waals surface area contributed by atoms with E-state index >= 15 is 0 Å². The van der Waals surface area contributed by atoms with Crippen LogP contribution in [-0.2, 0) is 10.0 Å². The average molecular weight is 338 g/mol. The van der Waals surface area contributed by atoms with Gasteiger partial charge >= 0.3 is 5.97 Å². The maximum atomic E-state index is 12.3. The molecular weight excluding hydrogens is 320 g/mol. The minimum absolute atomic E-state index is 0.0217. The summed E-state index contributed by atoms with van der Waals surface area (Å²) in [4.78, 5) is 10.8. The van der Waals surface area contributed by atoms with Crippen LogP contribution in [0.25, 0.3) is 0 Å². The Morgan fingerprint density at radius 2 is 1.91 bits per heavy atom. The van der Waals surface area contributed by atoms with Gasteiger partial charge in [-0.15, -0.1) is 0 Å². The molecule has 0 spiro atoms. The van der Waals surface area contributed by atoms with E-state index in [0.717, 1.165) is 11.3 Å². The van der Waals surface area contributed by atoms with Crippen molar-refractivity contribution in [3.8, 4) is 0 Å². The summed E-state index contributed by atoms with van der Waals surface area (Å²) >= 11 is 0. The van der Waals surface area contributed by atoms with Crippen molar-refractivity contribution in [1.29, 1.82) is 0 Å². The number of nitrogens with one attached hydrogen (secondary N) is 1. The Morgan fingerprint density at radius 3 is 2.39 bits per heavy atom. The number of aromatic carboxylic acids is 1. The normalized spacial score (nSPS) is 13.0. The predicted molar refractivity (Wildman–Crippen MR) is 83.0 cm³/mol. The van der Waals surface area contributed by atoms with Crippen LogP contribution in [0.4, 0.5) is 0 Å². The maximum Gasteiger partial charge on any atom is 0.335 e. The van der Waals surface area contributed by atoms with E-state index in [1.165, 1.54) is 24.3 Å². The van der Waals surface area contributed by atoms with Crippen LogP contribution < -0.4 is 4.72 Å². The lowest BCUT2D eigenvalue weighted by Gasteiger charge is -2.13. The van der Waals surface area contributed by atoms with Gasteiger partial charge in [-0.25, -0.2) is 17.9 Å². The van der Waals surface area contributed by atoms with Gasteiger partial charge in [0, 0.05) is 12.1 Å². The second kappa shape index (κ2) is 6.51. The summed E-state index contributed by atoms with van der Waals surface area (Å²) in [5.74, 6) is -0.539. The van der Waals surface area contributed by atoms with Crippen LogP contribution in [0.1, 0.15) is 40.2 Å². The van der Waals surface area contributed by atoms with Crippen molar-refractivity contribution in [2.45, 2.75) is 31.6 Å². The second-order valence-electron chi connectivity index (χ2n) is 5.32. The van der Waals surface area contributed by atoms with Gasteiger partial charge in [0.2, 0.25) is 10.0 Å². The summed E-state index contributed by atoms with van der Waals surface area (Å²) in [5, 5.41) is 12.7. The molecule has 0 saturated carbocycles. The Morgan fingerprint density at radius 1 is 1.30 bits per heavy atom. The molecule has 0 radical (unpaired) electrons. The van der Waals surface area contributed by atoms with Crippen LogP contribution in [-0.4, -0.2) is 31.2 Å². The van der Waals surface area contributed by atoms with Crippen LogP contribution >= 0.6 is 0 Å². The van der Waals surface area contributed by atoms with E-state index in [0.29, 0.717) is 5.76 Å². The van der Waals surface area contributed by atoms with Gasteiger partial charge in [0.15, 0.2) is 0 Å². The summed E-state index contributed by atoms with van der Waals surface area (Å²) in [5.41, 5.74) is 1.65. The van der Waals surface area contributed by atoms with E-state index < -0.39 is 16.0 Å². The number of nitrogens with zero attached hydrogens (tertiary/aromatic N) is 1. The predicted octanol–water partition coefficient (Wildman–Crippen LogP) is 2.07. The third-order valence-electron chi connectivity index (χ3n) is 3.57. The molecule has 0 unspecified atom stereocenters. The molecule has 2 aromatic rings. The molecule has 8 heteroatoms. The lowest BCUT2D eigenvalue weighted by Crippen LogP contribution is -2.28. The highest BCUT2D eigenvalue weighted by Crippen LogP contribution is 2.23. The second-order valence-corrected chi connectivity index (χ2v) is 7.09. The highest BCUT2D eigenvalue weighted by Gasteiger charge is 2.20. The standard InChI is InChI=1S/C15H18N2O5S/c1-9(14-10(2)17-22-11(14)3)8-16-23(20,21)13-6-4-12(5-7-13)15(18)19/h4-7,9,16H,8H2,1-3H3,(H,18,19)/t9-/m0/s1. The molecule has 7 nitrogen and oxygen atoms in total. The quantitative estimate of drug-likeness (QED) is 0.834. The van der Waals surface area contributed by atoms with Crippen LogP contribution in [0.3, 0.4) is 0 Å². The first kappa shape index (κ1) is 17.2. The van der Waals surface area contributed by atoms with Crippen LogP contribution in [0, 0.1) is 13.8 Å². The van der Waals surface area contributed by atoms with Gasteiger partial charge in [-0.05, 0) is 44.0 Å². The number of hydrogen-bond donors (Lipinski definition) is 2. The maximum absolute atomic E-state index is 12.3. The molecule has 124 valence electrons.